The summed E-state index contributed by atoms with van der Waals surface area (Å²) >= 11 is 0. The van der Waals surface area contributed by atoms with E-state index < -0.39 is 8.07 Å². The lowest BCUT2D eigenvalue weighted by molar-refractivity contribution is -0.122. The van der Waals surface area contributed by atoms with Gasteiger partial charge in [-0.3, -0.25) is 9.59 Å². The minimum absolute atomic E-state index is 0.00898. The molecular weight excluding hydrogens is 386 g/mol. The smallest absolute Gasteiger partial charge is 0.254 e. The molecule has 1 amide bonds. The van der Waals surface area contributed by atoms with Crippen LogP contribution in [0.4, 0.5) is 0 Å². The van der Waals surface area contributed by atoms with Gasteiger partial charge < -0.3 is 19.5 Å². The van der Waals surface area contributed by atoms with Crippen LogP contribution in [0.5, 0.6) is 11.5 Å². The third-order valence-electron chi connectivity index (χ3n) is 5.96. The Morgan fingerprint density at radius 3 is 2.66 bits per heavy atom. The molecule has 7 heteroatoms. The lowest BCUT2D eigenvalue weighted by Gasteiger charge is -2.24. The van der Waals surface area contributed by atoms with Crippen LogP contribution in [0.1, 0.15) is 47.5 Å². The van der Waals surface area contributed by atoms with E-state index in [9.17, 15) is 14.7 Å². The number of hydrogen-bond donors (Lipinski definition) is 1. The normalized spacial score (nSPS) is 22.6. The summed E-state index contributed by atoms with van der Waals surface area (Å²) in [6, 6.07) is 3.97. The Bertz CT molecular complexity index is 773. The zero-order valence-electron chi connectivity index (χ0n) is 18.0. The molecule has 160 valence electrons. The summed E-state index contributed by atoms with van der Waals surface area (Å²) in [4.78, 5) is 27.8. The summed E-state index contributed by atoms with van der Waals surface area (Å²) in [5, 5.41) is 10.4. The SMILES string of the molecule is COc1cc2c(cc1O)C(COCC[Si](C)(C)C)CCC(=O)C1CCCN1C2=O. The van der Waals surface area contributed by atoms with Gasteiger partial charge >= 0.3 is 0 Å². The van der Waals surface area contributed by atoms with Crippen molar-refractivity contribution in [2.75, 3.05) is 26.9 Å². The summed E-state index contributed by atoms with van der Waals surface area (Å²) in [7, 11) is 0.275. The van der Waals surface area contributed by atoms with E-state index in [-0.39, 0.29) is 35.1 Å². The summed E-state index contributed by atoms with van der Waals surface area (Å²) in [5.41, 5.74) is 1.27. The summed E-state index contributed by atoms with van der Waals surface area (Å²) in [6.07, 6.45) is 2.60. The van der Waals surface area contributed by atoms with Gasteiger partial charge in [0.2, 0.25) is 0 Å². The number of nitrogens with zero attached hydrogens (tertiary/aromatic N) is 1. The number of Topliss-reactive ketones (excluding diaryl/α,β-unsaturated/α-hetero) is 1. The van der Waals surface area contributed by atoms with Gasteiger partial charge in [-0.2, -0.15) is 0 Å². The first-order valence-corrected chi connectivity index (χ1v) is 14.2. The summed E-state index contributed by atoms with van der Waals surface area (Å²) in [6.45, 7) is 8.63. The maximum atomic E-state index is 13.4. The molecule has 0 saturated carbocycles. The van der Waals surface area contributed by atoms with E-state index in [0.29, 0.717) is 38.2 Å². The topological polar surface area (TPSA) is 76.1 Å². The van der Waals surface area contributed by atoms with Crippen molar-refractivity contribution in [3.8, 4) is 11.5 Å². The molecule has 0 aromatic heterocycles. The molecule has 1 saturated heterocycles. The maximum Gasteiger partial charge on any atom is 0.254 e. The highest BCUT2D eigenvalue weighted by molar-refractivity contribution is 6.76. The Kier molecular flexibility index (Phi) is 6.68. The van der Waals surface area contributed by atoms with Crippen molar-refractivity contribution in [1.82, 2.24) is 4.90 Å². The molecule has 1 N–H and O–H groups in total. The Hall–Kier alpha value is -1.86. The predicted octanol–water partition coefficient (Wildman–Crippen LogP) is 3.81. The van der Waals surface area contributed by atoms with Crippen molar-refractivity contribution in [2.45, 2.75) is 63.3 Å². The average Bonchev–Trinajstić information content (AvgIpc) is 3.15. The van der Waals surface area contributed by atoms with Gasteiger partial charge in [0, 0.05) is 39.1 Å². The van der Waals surface area contributed by atoms with Crippen molar-refractivity contribution >= 4 is 19.8 Å². The van der Waals surface area contributed by atoms with Gasteiger partial charge in [0.25, 0.3) is 5.91 Å². The average molecular weight is 420 g/mol. The Labute approximate surface area is 174 Å². The first-order chi connectivity index (χ1) is 13.7. The van der Waals surface area contributed by atoms with E-state index in [1.807, 2.05) is 0 Å². The molecule has 6 nitrogen and oxygen atoms in total. The summed E-state index contributed by atoms with van der Waals surface area (Å²) < 4.78 is 11.2. The number of ether oxygens (including phenoxy) is 2. The number of carbonyl (C=O) groups is 2. The maximum absolute atomic E-state index is 13.4. The molecule has 0 radical (unpaired) electrons. The Balaban J connectivity index is 1.92. The largest absolute Gasteiger partial charge is 0.504 e. The number of methoxy groups -OCH3 is 1. The number of fused-ring (bicyclic) bond motifs is 2. The van der Waals surface area contributed by atoms with Gasteiger partial charge in [0.05, 0.1) is 19.8 Å². The van der Waals surface area contributed by atoms with Crippen molar-refractivity contribution in [3.63, 3.8) is 0 Å². The molecule has 3 rings (SSSR count). The molecule has 2 unspecified atom stereocenters. The van der Waals surface area contributed by atoms with Crippen LogP contribution in [0.2, 0.25) is 25.7 Å². The van der Waals surface area contributed by atoms with Crippen molar-refractivity contribution in [3.05, 3.63) is 23.3 Å². The van der Waals surface area contributed by atoms with Gasteiger partial charge in [-0.25, -0.2) is 0 Å². The van der Waals surface area contributed by atoms with Gasteiger partial charge in [-0.05, 0) is 43.0 Å². The molecule has 0 aliphatic carbocycles. The molecule has 1 aromatic carbocycles. The quantitative estimate of drug-likeness (QED) is 0.561. The first kappa shape index (κ1) is 21.8. The van der Waals surface area contributed by atoms with Crippen LogP contribution in [0.15, 0.2) is 12.1 Å². The lowest BCUT2D eigenvalue weighted by Crippen LogP contribution is -2.40. The molecule has 2 aliphatic rings. The van der Waals surface area contributed by atoms with Crippen molar-refractivity contribution in [1.29, 1.82) is 0 Å². The molecule has 0 bridgehead atoms. The molecule has 2 atom stereocenters. The number of amides is 1. The van der Waals surface area contributed by atoms with Crippen LogP contribution in [-0.2, 0) is 9.53 Å². The van der Waals surface area contributed by atoms with Crippen LogP contribution >= 0.6 is 0 Å². The second-order valence-corrected chi connectivity index (χ2v) is 15.0. The number of hydrogen-bond acceptors (Lipinski definition) is 5. The minimum atomic E-state index is -1.20. The van der Waals surface area contributed by atoms with Gasteiger partial charge in [0.15, 0.2) is 17.3 Å². The van der Waals surface area contributed by atoms with Crippen LogP contribution < -0.4 is 4.74 Å². The molecule has 29 heavy (non-hydrogen) atoms. The number of rotatable bonds is 6. The number of benzene rings is 1. The highest BCUT2D eigenvalue weighted by Gasteiger charge is 2.38. The Morgan fingerprint density at radius 2 is 1.97 bits per heavy atom. The van der Waals surface area contributed by atoms with E-state index in [1.54, 1.807) is 17.0 Å². The number of carbonyl (C=O) groups excluding carboxylic acids is 2. The van der Waals surface area contributed by atoms with E-state index in [4.69, 9.17) is 9.47 Å². The molecule has 2 aliphatic heterocycles. The van der Waals surface area contributed by atoms with Gasteiger partial charge in [-0.1, -0.05) is 19.6 Å². The van der Waals surface area contributed by atoms with Gasteiger partial charge in [0.1, 0.15) is 0 Å². The zero-order valence-corrected chi connectivity index (χ0v) is 19.0. The molecular formula is C22H33NO5Si. The molecule has 1 aromatic rings. The third-order valence-corrected chi connectivity index (χ3v) is 7.67. The first-order valence-electron chi connectivity index (χ1n) is 10.5. The molecule has 0 spiro atoms. The fraction of sp³-hybridized carbons (Fsp3) is 0.636. The fourth-order valence-electron chi connectivity index (χ4n) is 4.19. The van der Waals surface area contributed by atoms with Crippen LogP contribution in [0, 0.1) is 0 Å². The summed E-state index contributed by atoms with van der Waals surface area (Å²) in [5.74, 6) is 0.151. The second kappa shape index (κ2) is 8.88. The standard InChI is InChI=1S/C22H33NO5Si/c1-27-21-13-17-16(12-20(21)25)15(14-28-10-11-29(2,3)4)7-8-19(24)18-6-5-9-23(18)22(17)26/h12-13,15,18,25H,5-11,14H2,1-4H3. The van der Waals surface area contributed by atoms with Crippen LogP contribution in [0.25, 0.3) is 0 Å². The van der Waals surface area contributed by atoms with E-state index >= 15 is 0 Å². The van der Waals surface area contributed by atoms with E-state index in [2.05, 4.69) is 19.6 Å². The monoisotopic (exact) mass is 419 g/mol. The minimum Gasteiger partial charge on any atom is -0.504 e. The van der Waals surface area contributed by atoms with Gasteiger partial charge in [-0.15, -0.1) is 0 Å². The predicted molar refractivity (Wildman–Crippen MR) is 115 cm³/mol. The van der Waals surface area contributed by atoms with E-state index in [1.165, 1.54) is 7.11 Å². The fourth-order valence-corrected chi connectivity index (χ4v) is 4.94. The van der Waals surface area contributed by atoms with E-state index in [0.717, 1.165) is 24.4 Å². The highest BCUT2D eigenvalue weighted by atomic mass is 28.3. The number of aromatic hydroxyl groups is 1. The number of phenols is 1. The zero-order chi connectivity index (χ0) is 21.2. The lowest BCUT2D eigenvalue weighted by atomic mass is 9.89. The second-order valence-electron chi connectivity index (χ2n) is 9.36. The molecule has 2 heterocycles. The van der Waals surface area contributed by atoms with Crippen molar-refractivity contribution in [2.24, 2.45) is 0 Å². The van der Waals surface area contributed by atoms with Crippen molar-refractivity contribution < 1.29 is 24.2 Å². The highest BCUT2D eigenvalue weighted by Crippen LogP contribution is 2.38. The number of phenolic OH excluding ortho intramolecular Hbond substituents is 1. The Morgan fingerprint density at radius 1 is 1.21 bits per heavy atom. The number of ketones is 1. The third kappa shape index (κ3) is 5.01. The van der Waals surface area contributed by atoms with Crippen LogP contribution in [0.3, 0.4) is 0 Å². The molecule has 1 fully saturated rings. The van der Waals surface area contributed by atoms with Crippen LogP contribution in [-0.4, -0.2) is 62.7 Å².